The summed E-state index contributed by atoms with van der Waals surface area (Å²) in [6.45, 7) is 4.06. The molecule has 2 aromatic heterocycles. The number of rotatable bonds is 7. The van der Waals surface area contributed by atoms with E-state index in [1.807, 2.05) is 12.3 Å². The van der Waals surface area contributed by atoms with Gasteiger partial charge in [-0.25, -0.2) is 13.4 Å². The van der Waals surface area contributed by atoms with Gasteiger partial charge in [0.1, 0.15) is 10.8 Å². The fourth-order valence-corrected chi connectivity index (χ4v) is 6.11. The Bertz CT molecular complexity index is 1160. The summed E-state index contributed by atoms with van der Waals surface area (Å²) in [5.41, 5.74) is 1.16. The van der Waals surface area contributed by atoms with Crippen LogP contribution in [0, 0.1) is 0 Å². The normalized spacial score (nSPS) is 15.6. The average molecular weight is 462 g/mol. The van der Waals surface area contributed by atoms with Gasteiger partial charge in [-0.15, -0.1) is 11.8 Å². The van der Waals surface area contributed by atoms with E-state index in [1.165, 1.54) is 11.8 Å². The van der Waals surface area contributed by atoms with Crippen LogP contribution in [0.3, 0.4) is 0 Å². The Kier molecular flexibility index (Phi) is 6.52. The molecule has 1 aromatic carbocycles. The highest BCUT2D eigenvalue weighted by Crippen LogP contribution is 2.34. The topological polar surface area (TPSA) is 80.0 Å². The molecule has 0 amide bonds. The molecule has 0 bridgehead atoms. The highest BCUT2D eigenvalue weighted by Gasteiger charge is 2.30. The molecule has 1 aliphatic heterocycles. The predicted octanol–water partition coefficient (Wildman–Crippen LogP) is 2.22. The Morgan fingerprint density at radius 2 is 1.84 bits per heavy atom. The van der Waals surface area contributed by atoms with E-state index in [4.69, 9.17) is 9.72 Å². The Morgan fingerprint density at radius 3 is 2.48 bits per heavy atom. The summed E-state index contributed by atoms with van der Waals surface area (Å²) in [6, 6.07) is 10.5. The van der Waals surface area contributed by atoms with Crippen LogP contribution in [-0.2, 0) is 21.0 Å². The fraction of sp³-hybridized carbons (Fsp3) is 0.429. The fourth-order valence-electron chi connectivity index (χ4n) is 3.69. The number of hydrogen-bond acceptors (Lipinski definition) is 8. The minimum Gasteiger partial charge on any atom is -0.384 e. The molecule has 4 rings (SSSR count). The Balaban J connectivity index is 1.93. The summed E-state index contributed by atoms with van der Waals surface area (Å²) in [7, 11) is -0.0296. The van der Waals surface area contributed by atoms with Crippen molar-refractivity contribution in [2.45, 2.75) is 21.2 Å². The van der Waals surface area contributed by atoms with Gasteiger partial charge < -0.3 is 14.5 Å². The van der Waals surface area contributed by atoms with Crippen molar-refractivity contribution >= 4 is 33.1 Å². The van der Waals surface area contributed by atoms with E-state index in [0.29, 0.717) is 23.7 Å². The van der Waals surface area contributed by atoms with Crippen molar-refractivity contribution < 1.29 is 13.2 Å². The molecule has 8 nitrogen and oxygen atoms in total. The van der Waals surface area contributed by atoms with E-state index < -0.39 is 9.84 Å². The van der Waals surface area contributed by atoms with Crippen LogP contribution < -0.4 is 4.90 Å². The molecule has 3 aromatic rings. The van der Waals surface area contributed by atoms with Gasteiger partial charge in [-0.2, -0.15) is 9.61 Å². The number of anilines is 1. The smallest absolute Gasteiger partial charge is 0.213 e. The van der Waals surface area contributed by atoms with Crippen LogP contribution in [0.15, 0.2) is 51.2 Å². The Labute approximate surface area is 187 Å². The number of piperazine rings is 1. The zero-order valence-electron chi connectivity index (χ0n) is 18.0. The molecule has 0 atom stereocenters. The van der Waals surface area contributed by atoms with Gasteiger partial charge >= 0.3 is 0 Å². The van der Waals surface area contributed by atoms with Crippen molar-refractivity contribution in [1.29, 1.82) is 0 Å². The van der Waals surface area contributed by atoms with Crippen LogP contribution in [0.1, 0.15) is 5.69 Å². The van der Waals surface area contributed by atoms with E-state index in [1.54, 1.807) is 42.0 Å². The molecule has 3 heterocycles. The summed E-state index contributed by atoms with van der Waals surface area (Å²) in [6.07, 6.45) is 2.44. The summed E-state index contributed by atoms with van der Waals surface area (Å²) in [5, 5.41) is 5.14. The van der Waals surface area contributed by atoms with Gasteiger partial charge in [-0.05, 0) is 25.4 Å². The van der Waals surface area contributed by atoms with Crippen molar-refractivity contribution in [3.8, 4) is 0 Å². The monoisotopic (exact) mass is 461 g/mol. The SMILES string of the molecule is COCCc1cc(N2CCN(C)CC2)n2nc(SC)c(S(=O)(=O)c3ccccc3)c2n1. The maximum Gasteiger partial charge on any atom is 0.213 e. The molecule has 0 saturated carbocycles. The van der Waals surface area contributed by atoms with Gasteiger partial charge in [0, 0.05) is 51.5 Å². The van der Waals surface area contributed by atoms with Crippen molar-refractivity contribution in [3.05, 3.63) is 42.1 Å². The van der Waals surface area contributed by atoms with E-state index in [9.17, 15) is 8.42 Å². The molecule has 31 heavy (non-hydrogen) atoms. The standard InChI is InChI=1S/C21H27N5O3S2/c1-24-10-12-25(13-11-24)18-15-16(9-14-29-2)22-20-19(21(30-3)23-26(18)20)31(27,28)17-7-5-4-6-8-17/h4-8,15H,9-14H2,1-3H3. The second kappa shape index (κ2) is 9.15. The van der Waals surface area contributed by atoms with Gasteiger partial charge in [0.05, 0.1) is 11.5 Å². The molecule has 0 spiro atoms. The average Bonchev–Trinajstić information content (AvgIpc) is 3.17. The summed E-state index contributed by atoms with van der Waals surface area (Å²) in [5.74, 6) is 0.869. The number of aromatic nitrogens is 3. The first-order chi connectivity index (χ1) is 15.0. The first-order valence-corrected chi connectivity index (χ1v) is 12.9. The first kappa shape index (κ1) is 22.1. The lowest BCUT2D eigenvalue weighted by Crippen LogP contribution is -2.45. The van der Waals surface area contributed by atoms with E-state index >= 15 is 0 Å². The van der Waals surface area contributed by atoms with Crippen molar-refractivity contribution in [3.63, 3.8) is 0 Å². The van der Waals surface area contributed by atoms with Gasteiger partial charge in [-0.1, -0.05) is 18.2 Å². The molecule has 0 unspecified atom stereocenters. The van der Waals surface area contributed by atoms with Crippen molar-refractivity contribution in [2.24, 2.45) is 0 Å². The quantitative estimate of drug-likeness (QED) is 0.496. The van der Waals surface area contributed by atoms with Crippen LogP contribution in [-0.4, -0.2) is 81.1 Å². The van der Waals surface area contributed by atoms with Crippen LogP contribution >= 0.6 is 11.8 Å². The molecule has 1 fully saturated rings. The third-order valence-electron chi connectivity index (χ3n) is 5.46. The minimum atomic E-state index is -3.78. The van der Waals surface area contributed by atoms with Gasteiger partial charge in [0.2, 0.25) is 9.84 Å². The van der Waals surface area contributed by atoms with Crippen LogP contribution in [0.2, 0.25) is 0 Å². The number of methoxy groups -OCH3 is 1. The summed E-state index contributed by atoms with van der Waals surface area (Å²) < 4.78 is 34.1. The lowest BCUT2D eigenvalue weighted by Gasteiger charge is -2.34. The van der Waals surface area contributed by atoms with Gasteiger partial charge in [-0.3, -0.25) is 0 Å². The lowest BCUT2D eigenvalue weighted by atomic mass is 10.2. The highest BCUT2D eigenvalue weighted by molar-refractivity contribution is 7.99. The van der Waals surface area contributed by atoms with Gasteiger partial charge in [0.25, 0.3) is 0 Å². The minimum absolute atomic E-state index is 0.167. The molecule has 10 heteroatoms. The largest absolute Gasteiger partial charge is 0.384 e. The highest BCUT2D eigenvalue weighted by atomic mass is 32.2. The van der Waals surface area contributed by atoms with Crippen molar-refractivity contribution in [2.75, 3.05) is 58.1 Å². The molecule has 166 valence electrons. The summed E-state index contributed by atoms with van der Waals surface area (Å²) >= 11 is 1.32. The predicted molar refractivity (Wildman–Crippen MR) is 122 cm³/mol. The Morgan fingerprint density at radius 1 is 1.13 bits per heavy atom. The zero-order valence-corrected chi connectivity index (χ0v) is 19.6. The molecule has 0 N–H and O–H groups in total. The second-order valence-electron chi connectivity index (χ2n) is 7.53. The number of thioether (sulfide) groups is 1. The number of likely N-dealkylation sites (N-methyl/N-ethyl adjacent to an activating group) is 1. The van der Waals surface area contributed by atoms with E-state index in [0.717, 1.165) is 37.7 Å². The molecular formula is C21H27N5O3S2. The summed E-state index contributed by atoms with van der Waals surface area (Å²) in [4.78, 5) is 9.67. The number of hydrogen-bond donors (Lipinski definition) is 0. The molecule has 1 saturated heterocycles. The number of sulfone groups is 1. The van der Waals surface area contributed by atoms with Crippen LogP contribution in [0.25, 0.3) is 5.65 Å². The number of fused-ring (bicyclic) bond motifs is 1. The number of benzene rings is 1. The third kappa shape index (κ3) is 4.30. The number of nitrogens with zero attached hydrogens (tertiary/aromatic N) is 5. The van der Waals surface area contributed by atoms with Crippen molar-refractivity contribution in [1.82, 2.24) is 19.5 Å². The van der Waals surface area contributed by atoms with Crippen LogP contribution in [0.5, 0.6) is 0 Å². The molecular weight excluding hydrogens is 434 g/mol. The maximum absolute atomic E-state index is 13.6. The first-order valence-electron chi connectivity index (χ1n) is 10.1. The molecule has 0 radical (unpaired) electrons. The van der Waals surface area contributed by atoms with Crippen LogP contribution in [0.4, 0.5) is 5.82 Å². The lowest BCUT2D eigenvalue weighted by molar-refractivity contribution is 0.201. The van der Waals surface area contributed by atoms with Gasteiger partial charge in [0.15, 0.2) is 10.5 Å². The third-order valence-corrected chi connectivity index (χ3v) is 8.06. The van der Waals surface area contributed by atoms with E-state index in [-0.39, 0.29) is 9.79 Å². The maximum atomic E-state index is 13.6. The second-order valence-corrected chi connectivity index (χ2v) is 10.2. The molecule has 0 aliphatic carbocycles. The van der Waals surface area contributed by atoms with E-state index in [2.05, 4.69) is 21.9 Å². The Hall–Kier alpha value is -2.14. The zero-order chi connectivity index (χ0) is 22.0. The molecule has 1 aliphatic rings. The number of ether oxygens (including phenoxy) is 1.